The molecule has 2 aromatic rings. The number of hydrogen-bond acceptors (Lipinski definition) is 5. The van der Waals surface area contributed by atoms with Crippen LogP contribution in [0.2, 0.25) is 0 Å². The summed E-state index contributed by atoms with van der Waals surface area (Å²) in [5, 5.41) is 3.44. The molecular weight excluding hydrogens is 374 g/mol. The lowest BCUT2D eigenvalue weighted by Crippen LogP contribution is -2.22. The van der Waals surface area contributed by atoms with Gasteiger partial charge >= 0.3 is 5.97 Å². The Morgan fingerprint density at radius 2 is 1.93 bits per heavy atom. The van der Waals surface area contributed by atoms with Crippen molar-refractivity contribution in [2.24, 2.45) is 5.92 Å². The zero-order valence-corrected chi connectivity index (χ0v) is 17.9. The van der Waals surface area contributed by atoms with E-state index in [1.165, 1.54) is 23.3 Å². The molecule has 6 heteroatoms. The Labute approximate surface area is 170 Å². The van der Waals surface area contributed by atoms with Crippen LogP contribution in [-0.2, 0) is 22.4 Å². The van der Waals surface area contributed by atoms with Crippen molar-refractivity contribution >= 4 is 28.2 Å². The van der Waals surface area contributed by atoms with Gasteiger partial charge in [-0.3, -0.25) is 4.79 Å². The zero-order chi connectivity index (χ0) is 20.4. The van der Waals surface area contributed by atoms with Crippen LogP contribution in [0.15, 0.2) is 12.1 Å². The molecule has 0 bridgehead atoms. The summed E-state index contributed by atoms with van der Waals surface area (Å²) in [6.07, 6.45) is 2.81. The smallest absolute Gasteiger partial charge is 0.341 e. The predicted octanol–water partition coefficient (Wildman–Crippen LogP) is 4.60. The Balaban J connectivity index is 1.77. The number of anilines is 1. The van der Waals surface area contributed by atoms with Gasteiger partial charge in [-0.25, -0.2) is 4.79 Å². The van der Waals surface area contributed by atoms with Crippen LogP contribution in [0.25, 0.3) is 0 Å². The summed E-state index contributed by atoms with van der Waals surface area (Å²) >= 11 is 1.48. The number of hydrogen-bond donors (Lipinski definition) is 1. The number of methoxy groups -OCH3 is 1. The van der Waals surface area contributed by atoms with Crippen molar-refractivity contribution in [2.45, 2.75) is 47.0 Å². The maximum Gasteiger partial charge on any atom is 0.341 e. The first-order valence-corrected chi connectivity index (χ1v) is 10.4. The van der Waals surface area contributed by atoms with Crippen molar-refractivity contribution in [1.29, 1.82) is 0 Å². The first-order chi connectivity index (χ1) is 13.3. The number of fused-ring (bicyclic) bond motifs is 1. The van der Waals surface area contributed by atoms with Crippen LogP contribution < -0.4 is 10.1 Å². The monoisotopic (exact) mass is 401 g/mol. The predicted molar refractivity (Wildman–Crippen MR) is 112 cm³/mol. The molecule has 0 spiro atoms. The van der Waals surface area contributed by atoms with E-state index in [4.69, 9.17) is 9.47 Å². The summed E-state index contributed by atoms with van der Waals surface area (Å²) in [6, 6.07) is 4.02. The second kappa shape index (κ2) is 8.35. The number of carbonyl (C=O) groups is 2. The fourth-order valence-electron chi connectivity index (χ4n) is 3.60. The zero-order valence-electron chi connectivity index (χ0n) is 17.1. The van der Waals surface area contributed by atoms with Crippen molar-refractivity contribution in [2.75, 3.05) is 19.0 Å². The number of aryl methyl sites for hydroxylation is 2. The van der Waals surface area contributed by atoms with Gasteiger partial charge in [0, 0.05) is 4.88 Å². The van der Waals surface area contributed by atoms with E-state index in [9.17, 15) is 9.59 Å². The number of rotatable bonds is 5. The van der Waals surface area contributed by atoms with Gasteiger partial charge in [-0.2, -0.15) is 0 Å². The Kier molecular flexibility index (Phi) is 6.08. The number of carbonyl (C=O) groups excluding carboxylic acids is 2. The van der Waals surface area contributed by atoms with Gasteiger partial charge in [0.1, 0.15) is 10.8 Å². The first kappa shape index (κ1) is 20.4. The molecule has 28 heavy (non-hydrogen) atoms. The van der Waals surface area contributed by atoms with E-state index in [1.807, 2.05) is 32.9 Å². The molecule has 1 aliphatic rings. The van der Waals surface area contributed by atoms with E-state index in [1.54, 1.807) is 0 Å². The van der Waals surface area contributed by atoms with Gasteiger partial charge in [0.05, 0.1) is 12.7 Å². The maximum atomic E-state index is 12.6. The normalized spacial score (nSPS) is 15.7. The lowest BCUT2D eigenvalue weighted by Gasteiger charge is -2.18. The van der Waals surface area contributed by atoms with Crippen LogP contribution in [0, 0.1) is 26.7 Å². The lowest BCUT2D eigenvalue weighted by molar-refractivity contribution is -0.118. The van der Waals surface area contributed by atoms with E-state index in [0.717, 1.165) is 47.3 Å². The molecule has 0 unspecified atom stereocenters. The van der Waals surface area contributed by atoms with Crippen LogP contribution >= 0.6 is 11.3 Å². The highest BCUT2D eigenvalue weighted by atomic mass is 32.1. The molecule has 150 valence electrons. The largest absolute Gasteiger partial charge is 0.483 e. The van der Waals surface area contributed by atoms with Crippen molar-refractivity contribution in [1.82, 2.24) is 0 Å². The van der Waals surface area contributed by atoms with Gasteiger partial charge in [0.25, 0.3) is 5.91 Å². The second-order valence-electron chi connectivity index (χ2n) is 7.54. The van der Waals surface area contributed by atoms with Crippen molar-refractivity contribution in [3.63, 3.8) is 0 Å². The summed E-state index contributed by atoms with van der Waals surface area (Å²) < 4.78 is 10.8. The third-order valence-corrected chi connectivity index (χ3v) is 6.55. The number of benzene rings is 1. The van der Waals surface area contributed by atoms with Gasteiger partial charge < -0.3 is 14.8 Å². The summed E-state index contributed by atoms with van der Waals surface area (Å²) in [5.41, 5.74) is 4.67. The molecule has 0 fully saturated rings. The lowest BCUT2D eigenvalue weighted by atomic mass is 9.88. The van der Waals surface area contributed by atoms with Gasteiger partial charge in [-0.05, 0) is 68.2 Å². The maximum absolute atomic E-state index is 12.6. The molecule has 1 atom stereocenters. The van der Waals surface area contributed by atoms with Gasteiger partial charge in [-0.15, -0.1) is 11.3 Å². The van der Waals surface area contributed by atoms with Crippen LogP contribution in [0.5, 0.6) is 5.75 Å². The van der Waals surface area contributed by atoms with Gasteiger partial charge in [-0.1, -0.05) is 19.1 Å². The summed E-state index contributed by atoms with van der Waals surface area (Å²) in [6.45, 7) is 8.06. The van der Waals surface area contributed by atoms with Crippen molar-refractivity contribution < 1.29 is 19.1 Å². The molecule has 1 N–H and O–H groups in total. The van der Waals surface area contributed by atoms with E-state index in [2.05, 4.69) is 12.2 Å². The van der Waals surface area contributed by atoms with Crippen LogP contribution in [0.4, 0.5) is 5.00 Å². The first-order valence-electron chi connectivity index (χ1n) is 9.54. The minimum absolute atomic E-state index is 0.106. The van der Waals surface area contributed by atoms with Crippen molar-refractivity contribution in [3.8, 4) is 5.75 Å². The van der Waals surface area contributed by atoms with E-state index in [0.29, 0.717) is 16.5 Å². The number of amides is 1. The topological polar surface area (TPSA) is 64.6 Å². The molecule has 1 aromatic carbocycles. The van der Waals surface area contributed by atoms with E-state index < -0.39 is 5.97 Å². The van der Waals surface area contributed by atoms with E-state index in [-0.39, 0.29) is 12.5 Å². The fraction of sp³-hybridized carbons (Fsp3) is 0.455. The molecule has 1 amide bonds. The number of nitrogens with one attached hydrogen (secondary N) is 1. The molecule has 5 nitrogen and oxygen atoms in total. The highest BCUT2D eigenvalue weighted by Crippen LogP contribution is 2.40. The standard InChI is InChI=1S/C22H27NO4S/c1-12-6-9-16-17(10-12)28-21(19(16)22(25)26-5)23-18(24)11-27-20-14(3)8-7-13(2)15(20)4/h7-8,12H,6,9-11H2,1-5H3,(H,23,24)/t12-/m0/s1. The van der Waals surface area contributed by atoms with Crippen LogP contribution in [0.1, 0.15) is 50.8 Å². The molecular formula is C22H27NO4S. The summed E-state index contributed by atoms with van der Waals surface area (Å²) in [4.78, 5) is 26.1. The molecule has 1 heterocycles. The van der Waals surface area contributed by atoms with Gasteiger partial charge in [0.2, 0.25) is 0 Å². The number of thiophene rings is 1. The van der Waals surface area contributed by atoms with Crippen LogP contribution in [-0.4, -0.2) is 25.6 Å². The summed E-state index contributed by atoms with van der Waals surface area (Å²) in [7, 11) is 1.37. The van der Waals surface area contributed by atoms with E-state index >= 15 is 0 Å². The molecule has 0 radical (unpaired) electrons. The Hall–Kier alpha value is -2.34. The Morgan fingerprint density at radius 1 is 1.21 bits per heavy atom. The SMILES string of the molecule is COC(=O)c1c(NC(=O)COc2c(C)ccc(C)c2C)sc2c1CC[C@H](C)C2. The molecule has 0 saturated carbocycles. The minimum atomic E-state index is -0.395. The Morgan fingerprint density at radius 3 is 2.64 bits per heavy atom. The third-order valence-electron chi connectivity index (χ3n) is 5.38. The van der Waals surface area contributed by atoms with Crippen molar-refractivity contribution in [3.05, 3.63) is 44.8 Å². The third kappa shape index (κ3) is 4.07. The average molecular weight is 402 g/mol. The summed E-state index contributed by atoms with van der Waals surface area (Å²) in [5.74, 6) is 0.643. The molecule has 3 rings (SSSR count). The fourth-order valence-corrected chi connectivity index (χ4v) is 5.02. The quantitative estimate of drug-likeness (QED) is 0.744. The highest BCUT2D eigenvalue weighted by molar-refractivity contribution is 7.17. The second-order valence-corrected chi connectivity index (χ2v) is 8.64. The molecule has 0 saturated heterocycles. The molecule has 1 aliphatic carbocycles. The Bertz CT molecular complexity index is 916. The van der Waals surface area contributed by atoms with Gasteiger partial charge in [0.15, 0.2) is 6.61 Å². The highest BCUT2D eigenvalue weighted by Gasteiger charge is 2.29. The molecule has 1 aromatic heterocycles. The number of ether oxygens (including phenoxy) is 2. The minimum Gasteiger partial charge on any atom is -0.483 e. The average Bonchev–Trinajstić information content (AvgIpc) is 3.00. The van der Waals surface area contributed by atoms with Crippen LogP contribution in [0.3, 0.4) is 0 Å². The molecule has 0 aliphatic heterocycles. The number of esters is 1.